The van der Waals surface area contributed by atoms with Gasteiger partial charge in [0.05, 0.1) is 5.41 Å². The van der Waals surface area contributed by atoms with Crippen LogP contribution >= 0.6 is 0 Å². The summed E-state index contributed by atoms with van der Waals surface area (Å²) in [4.78, 5) is 0. The summed E-state index contributed by atoms with van der Waals surface area (Å²) in [6.07, 6.45) is 0. The minimum atomic E-state index is -0.561. The van der Waals surface area contributed by atoms with E-state index in [1.807, 2.05) is 0 Å². The van der Waals surface area contributed by atoms with E-state index in [4.69, 9.17) is 0 Å². The Labute approximate surface area is 412 Å². The first kappa shape index (κ1) is 39.9. The van der Waals surface area contributed by atoms with Crippen LogP contribution in [0.4, 0.5) is 0 Å². The molecule has 1 aliphatic carbocycles. The summed E-state index contributed by atoms with van der Waals surface area (Å²) < 4.78 is 0. The number of fused-ring (bicyclic) bond motifs is 14. The van der Waals surface area contributed by atoms with Gasteiger partial charge < -0.3 is 0 Å². The van der Waals surface area contributed by atoms with Crippen molar-refractivity contribution in [2.45, 2.75) is 5.41 Å². The van der Waals surface area contributed by atoms with Crippen LogP contribution in [0.25, 0.3) is 120 Å². The van der Waals surface area contributed by atoms with Crippen LogP contribution in [0.1, 0.15) is 22.3 Å². The third-order valence-corrected chi connectivity index (χ3v) is 15.8. The van der Waals surface area contributed by atoms with Crippen LogP contribution in [0.15, 0.2) is 267 Å². The summed E-state index contributed by atoms with van der Waals surface area (Å²) in [7, 11) is 0. The lowest BCUT2D eigenvalue weighted by Crippen LogP contribution is -2.28. The van der Waals surface area contributed by atoms with Crippen molar-refractivity contribution in [1.82, 2.24) is 0 Å². The first-order valence-corrected chi connectivity index (χ1v) is 24.8. The average Bonchev–Trinajstić information content (AvgIpc) is 3.75. The van der Waals surface area contributed by atoms with E-state index in [0.29, 0.717) is 0 Å². The van der Waals surface area contributed by atoms with E-state index >= 15 is 0 Å². The predicted molar refractivity (Wildman–Crippen MR) is 303 cm³/mol. The van der Waals surface area contributed by atoms with E-state index in [-0.39, 0.29) is 0 Å². The maximum atomic E-state index is 2.53. The highest BCUT2D eigenvalue weighted by atomic mass is 14.5. The standard InChI is InChI=1S/C71H44/c1-3-23-51(24-4-1)71(52-25-5-2-6-26-52)66-44-50-41-46(38-39-47(50)42-65(66)69-58-32-13-11-29-55(58)56-30-12-18-37-63(56)70(69)71)45-21-19-22-49(40-45)67-59-33-14-16-35-61(59)68(62-36-17-15-34-60(62)67)64-43-48-20-7-8-27-53(48)54-28-9-10-31-57(54)64/h1-44H. The highest BCUT2D eigenvalue weighted by molar-refractivity contribution is 6.26. The molecule has 0 saturated carbocycles. The number of rotatable bonds is 5. The Morgan fingerprint density at radius 3 is 1.30 bits per heavy atom. The van der Waals surface area contributed by atoms with Crippen molar-refractivity contribution in [3.63, 3.8) is 0 Å². The SMILES string of the molecule is c1ccc(C2(c3ccccc3)c3cc4cc(-c5cccc(-c6c7ccccc7c(-c7cc8ccccc8c8ccccc78)c7ccccc67)c5)ccc4cc3-c3c2c2ccccc2c2ccccc32)cc1. The lowest BCUT2D eigenvalue weighted by atomic mass is 9.66. The number of benzene rings is 14. The van der Waals surface area contributed by atoms with Gasteiger partial charge in [-0.1, -0.05) is 237 Å². The van der Waals surface area contributed by atoms with E-state index in [9.17, 15) is 0 Å². The molecule has 328 valence electrons. The monoisotopic (exact) mass is 896 g/mol. The van der Waals surface area contributed by atoms with Crippen LogP contribution in [-0.4, -0.2) is 0 Å². The van der Waals surface area contributed by atoms with Crippen molar-refractivity contribution < 1.29 is 0 Å². The van der Waals surface area contributed by atoms with Crippen LogP contribution in [0.2, 0.25) is 0 Å². The molecule has 0 aliphatic heterocycles. The molecule has 1 aliphatic rings. The summed E-state index contributed by atoms with van der Waals surface area (Å²) in [6, 6.07) is 100. The van der Waals surface area contributed by atoms with Gasteiger partial charge in [0.25, 0.3) is 0 Å². The zero-order valence-electron chi connectivity index (χ0n) is 38.9. The van der Waals surface area contributed by atoms with Crippen LogP contribution in [0, 0.1) is 0 Å². The Hall–Kier alpha value is -9.10. The molecule has 0 aromatic heterocycles. The molecule has 0 amide bonds. The van der Waals surface area contributed by atoms with Gasteiger partial charge in [0, 0.05) is 0 Å². The van der Waals surface area contributed by atoms with Crippen molar-refractivity contribution in [3.05, 3.63) is 289 Å². The largest absolute Gasteiger partial charge is 0.0720 e. The predicted octanol–water partition coefficient (Wildman–Crippen LogP) is 19.1. The molecule has 0 heterocycles. The second-order valence-electron chi connectivity index (χ2n) is 19.4. The molecule has 0 atom stereocenters. The molecule has 15 rings (SSSR count). The lowest BCUT2D eigenvalue weighted by molar-refractivity contribution is 0.777. The first-order chi connectivity index (χ1) is 35.2. The van der Waals surface area contributed by atoms with Gasteiger partial charge in [-0.2, -0.15) is 0 Å². The van der Waals surface area contributed by atoms with Crippen LogP contribution < -0.4 is 0 Å². The van der Waals surface area contributed by atoms with Gasteiger partial charge in [0.15, 0.2) is 0 Å². The molecule has 71 heavy (non-hydrogen) atoms. The van der Waals surface area contributed by atoms with Crippen LogP contribution in [-0.2, 0) is 5.41 Å². The first-order valence-electron chi connectivity index (χ1n) is 24.8. The summed E-state index contributed by atoms with van der Waals surface area (Å²) in [5.74, 6) is 0. The van der Waals surface area contributed by atoms with Crippen LogP contribution in [0.3, 0.4) is 0 Å². The van der Waals surface area contributed by atoms with Crippen molar-refractivity contribution in [3.8, 4) is 44.5 Å². The van der Waals surface area contributed by atoms with E-state index in [1.165, 1.54) is 142 Å². The lowest BCUT2D eigenvalue weighted by Gasteiger charge is -2.35. The van der Waals surface area contributed by atoms with Gasteiger partial charge in [-0.05, 0) is 173 Å². The van der Waals surface area contributed by atoms with Crippen molar-refractivity contribution in [1.29, 1.82) is 0 Å². The van der Waals surface area contributed by atoms with Gasteiger partial charge >= 0.3 is 0 Å². The zero-order valence-corrected chi connectivity index (χ0v) is 38.9. The molecule has 14 aromatic carbocycles. The van der Waals surface area contributed by atoms with E-state index in [0.717, 1.165) is 0 Å². The van der Waals surface area contributed by atoms with Crippen molar-refractivity contribution in [2.75, 3.05) is 0 Å². The van der Waals surface area contributed by atoms with Crippen LogP contribution in [0.5, 0.6) is 0 Å². The van der Waals surface area contributed by atoms with Gasteiger partial charge in [0.2, 0.25) is 0 Å². The Kier molecular flexibility index (Phi) is 8.68. The fourth-order valence-corrected chi connectivity index (χ4v) is 12.9. The second kappa shape index (κ2) is 15.5. The molecular formula is C71H44. The molecule has 0 bridgehead atoms. The number of hydrogen-bond donors (Lipinski definition) is 0. The fraction of sp³-hybridized carbons (Fsp3) is 0.0141. The molecular weight excluding hydrogens is 853 g/mol. The molecule has 0 fully saturated rings. The molecule has 0 radical (unpaired) electrons. The van der Waals surface area contributed by atoms with Gasteiger partial charge in [-0.25, -0.2) is 0 Å². The van der Waals surface area contributed by atoms with Crippen molar-refractivity contribution >= 4 is 75.4 Å². The topological polar surface area (TPSA) is 0 Å². The minimum Gasteiger partial charge on any atom is -0.0622 e. The second-order valence-corrected chi connectivity index (χ2v) is 19.4. The maximum absolute atomic E-state index is 2.53. The maximum Gasteiger partial charge on any atom is 0.0720 e. The Bertz CT molecular complexity index is 4410. The highest BCUT2D eigenvalue weighted by Gasteiger charge is 2.48. The highest BCUT2D eigenvalue weighted by Crippen LogP contribution is 2.61. The molecule has 0 heteroatoms. The minimum absolute atomic E-state index is 0.561. The zero-order chi connectivity index (χ0) is 46.6. The molecule has 0 nitrogen and oxygen atoms in total. The third kappa shape index (κ3) is 5.74. The molecule has 0 N–H and O–H groups in total. The normalized spacial score (nSPS) is 12.9. The van der Waals surface area contributed by atoms with Gasteiger partial charge in [-0.15, -0.1) is 0 Å². The molecule has 0 unspecified atom stereocenters. The van der Waals surface area contributed by atoms with E-state index in [2.05, 4.69) is 267 Å². The Morgan fingerprint density at radius 1 is 0.211 bits per heavy atom. The average molecular weight is 897 g/mol. The molecule has 0 spiro atoms. The van der Waals surface area contributed by atoms with Gasteiger partial charge in [0.1, 0.15) is 0 Å². The van der Waals surface area contributed by atoms with Crippen molar-refractivity contribution in [2.24, 2.45) is 0 Å². The fourth-order valence-electron chi connectivity index (χ4n) is 12.9. The molecule has 0 saturated heterocycles. The van der Waals surface area contributed by atoms with Gasteiger partial charge in [-0.3, -0.25) is 0 Å². The van der Waals surface area contributed by atoms with E-state index in [1.54, 1.807) is 0 Å². The molecule has 14 aromatic rings. The quantitative estimate of drug-likeness (QED) is 0.119. The number of hydrogen-bond acceptors (Lipinski definition) is 0. The summed E-state index contributed by atoms with van der Waals surface area (Å²) in [5.41, 5.74) is 14.7. The third-order valence-electron chi connectivity index (χ3n) is 15.8. The summed E-state index contributed by atoms with van der Waals surface area (Å²) in [5, 5.41) is 17.7. The van der Waals surface area contributed by atoms with E-state index < -0.39 is 5.41 Å². The smallest absolute Gasteiger partial charge is 0.0622 e. The summed E-state index contributed by atoms with van der Waals surface area (Å²) >= 11 is 0. The summed E-state index contributed by atoms with van der Waals surface area (Å²) in [6.45, 7) is 0. The Morgan fingerprint density at radius 2 is 0.662 bits per heavy atom. The Balaban J connectivity index is 0.951.